The molecular formula is C18H27N3O3S. The summed E-state index contributed by atoms with van der Waals surface area (Å²) in [6.45, 7) is 9.48. The molecule has 0 saturated carbocycles. The molecule has 1 aromatic rings. The van der Waals surface area contributed by atoms with Crippen LogP contribution in [0.5, 0.6) is 0 Å². The second kappa shape index (κ2) is 7.11. The maximum Gasteiger partial charge on any atom is 0.267 e. The van der Waals surface area contributed by atoms with Crippen molar-refractivity contribution < 1.29 is 9.53 Å². The number of carbonyl (C=O) groups excluding carboxylic acids is 1. The molecule has 2 unspecified atom stereocenters. The van der Waals surface area contributed by atoms with E-state index in [9.17, 15) is 9.59 Å². The van der Waals surface area contributed by atoms with Crippen LogP contribution in [0.3, 0.4) is 0 Å². The Morgan fingerprint density at radius 2 is 2.28 bits per heavy atom. The molecule has 6 nitrogen and oxygen atoms in total. The first-order valence-corrected chi connectivity index (χ1v) is 10.1. The average molecular weight is 365 g/mol. The lowest BCUT2D eigenvalue weighted by atomic mass is 9.99. The third kappa shape index (κ3) is 3.36. The summed E-state index contributed by atoms with van der Waals surface area (Å²) in [7, 11) is 0. The molecule has 0 radical (unpaired) electrons. The highest BCUT2D eigenvalue weighted by Gasteiger charge is 2.46. The Labute approximate surface area is 152 Å². The van der Waals surface area contributed by atoms with Gasteiger partial charge in [-0.1, -0.05) is 32.5 Å². The molecule has 3 rings (SSSR count). The van der Waals surface area contributed by atoms with E-state index < -0.39 is 5.72 Å². The standard InChI is InChI=1S/C18H27N3O3S/c1-5-13-11-24-18(4,7-6-12(2)3)21(13)16(23)14-10-19-17-20(15(14)22)8-9-25-17/h10,12-13H,5-9,11H2,1-4H3. The molecule has 25 heavy (non-hydrogen) atoms. The first kappa shape index (κ1) is 18.5. The normalized spacial score (nSPS) is 25.6. The fourth-order valence-electron chi connectivity index (χ4n) is 3.53. The summed E-state index contributed by atoms with van der Waals surface area (Å²) in [5.41, 5.74) is -0.730. The third-order valence-corrected chi connectivity index (χ3v) is 6.09. The Kier molecular flexibility index (Phi) is 5.25. The summed E-state index contributed by atoms with van der Waals surface area (Å²) in [5.74, 6) is 1.11. The third-order valence-electron chi connectivity index (χ3n) is 5.12. The Balaban J connectivity index is 1.94. The summed E-state index contributed by atoms with van der Waals surface area (Å²) in [4.78, 5) is 32.2. The smallest absolute Gasteiger partial charge is 0.267 e. The minimum Gasteiger partial charge on any atom is -0.354 e. The highest BCUT2D eigenvalue weighted by atomic mass is 32.2. The summed E-state index contributed by atoms with van der Waals surface area (Å²) in [6.07, 6.45) is 3.98. The van der Waals surface area contributed by atoms with Crippen LogP contribution in [0.4, 0.5) is 0 Å². The number of fused-ring (bicyclic) bond motifs is 1. The quantitative estimate of drug-likeness (QED) is 0.751. The van der Waals surface area contributed by atoms with Gasteiger partial charge in [-0.05, 0) is 32.1 Å². The Morgan fingerprint density at radius 3 is 2.96 bits per heavy atom. The van der Waals surface area contributed by atoms with E-state index >= 15 is 0 Å². The van der Waals surface area contributed by atoms with Crippen LogP contribution in [0.2, 0.25) is 0 Å². The van der Waals surface area contributed by atoms with Gasteiger partial charge in [-0.25, -0.2) is 4.98 Å². The molecule has 0 aliphatic carbocycles. The highest BCUT2D eigenvalue weighted by molar-refractivity contribution is 7.99. The number of aromatic nitrogens is 2. The number of thioether (sulfide) groups is 1. The Hall–Kier alpha value is -1.34. The molecule has 1 saturated heterocycles. The van der Waals surface area contributed by atoms with E-state index in [1.807, 2.05) is 13.8 Å². The molecule has 2 atom stereocenters. The summed E-state index contributed by atoms with van der Waals surface area (Å²) in [5, 5.41) is 0.703. The fourth-order valence-corrected chi connectivity index (χ4v) is 4.44. The van der Waals surface area contributed by atoms with Crippen LogP contribution in [0.25, 0.3) is 0 Å². The number of ether oxygens (including phenoxy) is 1. The second-order valence-corrected chi connectivity index (χ2v) is 8.48. The van der Waals surface area contributed by atoms with Crippen LogP contribution in [0.1, 0.15) is 57.3 Å². The first-order valence-electron chi connectivity index (χ1n) is 9.07. The second-order valence-electron chi connectivity index (χ2n) is 7.42. The average Bonchev–Trinajstić information content (AvgIpc) is 3.18. The Bertz CT molecular complexity index is 718. The number of rotatable bonds is 5. The minimum absolute atomic E-state index is 0.00306. The van der Waals surface area contributed by atoms with Gasteiger partial charge in [-0.15, -0.1) is 0 Å². The zero-order chi connectivity index (χ0) is 18.2. The van der Waals surface area contributed by atoms with E-state index in [0.717, 1.165) is 25.0 Å². The van der Waals surface area contributed by atoms with Gasteiger partial charge >= 0.3 is 0 Å². The van der Waals surface area contributed by atoms with E-state index in [0.29, 0.717) is 24.2 Å². The molecular weight excluding hydrogens is 338 g/mol. The number of amides is 1. The SMILES string of the molecule is CCC1COC(C)(CCC(C)C)N1C(=O)c1cnc2n(c1=O)CCS2. The zero-order valence-electron chi connectivity index (χ0n) is 15.4. The summed E-state index contributed by atoms with van der Waals surface area (Å²) in [6, 6.07) is -0.00306. The molecule has 0 N–H and O–H groups in total. The molecule has 138 valence electrons. The molecule has 2 aliphatic heterocycles. The summed E-state index contributed by atoms with van der Waals surface area (Å²) < 4.78 is 7.67. The van der Waals surface area contributed by atoms with Gasteiger partial charge in [-0.3, -0.25) is 14.2 Å². The van der Waals surface area contributed by atoms with Gasteiger partial charge in [-0.2, -0.15) is 0 Å². The van der Waals surface area contributed by atoms with E-state index in [1.54, 1.807) is 21.2 Å². The molecule has 3 heterocycles. The molecule has 0 aromatic carbocycles. The molecule has 1 fully saturated rings. The van der Waals surface area contributed by atoms with Gasteiger partial charge in [0.15, 0.2) is 5.16 Å². The van der Waals surface area contributed by atoms with Crippen LogP contribution >= 0.6 is 11.8 Å². The molecule has 1 amide bonds. The lowest BCUT2D eigenvalue weighted by Gasteiger charge is -2.37. The number of carbonyl (C=O) groups is 1. The summed E-state index contributed by atoms with van der Waals surface area (Å²) >= 11 is 1.55. The van der Waals surface area contributed by atoms with Crippen molar-refractivity contribution in [3.8, 4) is 0 Å². The van der Waals surface area contributed by atoms with Crippen molar-refractivity contribution in [1.29, 1.82) is 0 Å². The van der Waals surface area contributed by atoms with Crippen molar-refractivity contribution in [3.63, 3.8) is 0 Å². The Morgan fingerprint density at radius 1 is 1.52 bits per heavy atom. The van der Waals surface area contributed by atoms with Crippen molar-refractivity contribution in [2.75, 3.05) is 12.4 Å². The predicted molar refractivity (Wildman–Crippen MR) is 97.9 cm³/mol. The predicted octanol–water partition coefficient (Wildman–Crippen LogP) is 2.75. The van der Waals surface area contributed by atoms with Crippen molar-refractivity contribution in [2.45, 2.75) is 70.4 Å². The van der Waals surface area contributed by atoms with Crippen LogP contribution in [-0.4, -0.2) is 44.5 Å². The van der Waals surface area contributed by atoms with Crippen LogP contribution in [0.15, 0.2) is 16.1 Å². The maximum absolute atomic E-state index is 13.3. The van der Waals surface area contributed by atoms with Crippen molar-refractivity contribution in [1.82, 2.24) is 14.5 Å². The number of hydrogen-bond donors (Lipinski definition) is 0. The van der Waals surface area contributed by atoms with Crippen LogP contribution in [-0.2, 0) is 11.3 Å². The van der Waals surface area contributed by atoms with Crippen molar-refractivity contribution in [2.24, 2.45) is 5.92 Å². The van der Waals surface area contributed by atoms with Gasteiger partial charge in [0, 0.05) is 18.5 Å². The molecule has 0 bridgehead atoms. The van der Waals surface area contributed by atoms with Crippen LogP contribution in [0, 0.1) is 5.92 Å². The van der Waals surface area contributed by atoms with E-state index in [-0.39, 0.29) is 23.1 Å². The first-order chi connectivity index (χ1) is 11.9. The van der Waals surface area contributed by atoms with Gasteiger partial charge in [0.1, 0.15) is 11.3 Å². The zero-order valence-corrected chi connectivity index (χ0v) is 16.3. The number of hydrogen-bond acceptors (Lipinski definition) is 5. The van der Waals surface area contributed by atoms with E-state index in [1.165, 1.54) is 6.20 Å². The highest BCUT2D eigenvalue weighted by Crippen LogP contribution is 2.35. The van der Waals surface area contributed by atoms with Gasteiger partial charge in [0.2, 0.25) is 0 Å². The molecule has 0 spiro atoms. The lowest BCUT2D eigenvalue weighted by molar-refractivity contribution is -0.0641. The monoisotopic (exact) mass is 365 g/mol. The van der Waals surface area contributed by atoms with Crippen LogP contribution < -0.4 is 5.56 Å². The molecule has 2 aliphatic rings. The van der Waals surface area contributed by atoms with E-state index in [2.05, 4.69) is 18.8 Å². The van der Waals surface area contributed by atoms with Gasteiger partial charge in [0.25, 0.3) is 11.5 Å². The van der Waals surface area contributed by atoms with E-state index in [4.69, 9.17) is 4.74 Å². The van der Waals surface area contributed by atoms with Crippen molar-refractivity contribution in [3.05, 3.63) is 22.1 Å². The van der Waals surface area contributed by atoms with Gasteiger partial charge < -0.3 is 9.64 Å². The van der Waals surface area contributed by atoms with Crippen molar-refractivity contribution >= 4 is 17.7 Å². The lowest BCUT2D eigenvalue weighted by Crippen LogP contribution is -2.51. The molecule has 7 heteroatoms. The van der Waals surface area contributed by atoms with Gasteiger partial charge in [0.05, 0.1) is 12.6 Å². The number of nitrogens with zero attached hydrogens (tertiary/aromatic N) is 3. The minimum atomic E-state index is -0.660. The largest absolute Gasteiger partial charge is 0.354 e. The molecule has 1 aromatic heterocycles. The maximum atomic E-state index is 13.3. The topological polar surface area (TPSA) is 64.4 Å². The fraction of sp³-hybridized carbons (Fsp3) is 0.722.